The van der Waals surface area contributed by atoms with E-state index < -0.39 is 6.10 Å². The fourth-order valence-electron chi connectivity index (χ4n) is 2.46. The van der Waals surface area contributed by atoms with Crippen LogP contribution in [0.5, 0.6) is 0 Å². The van der Waals surface area contributed by atoms with Crippen LogP contribution in [-0.4, -0.2) is 46.8 Å². The van der Waals surface area contributed by atoms with Crippen LogP contribution in [-0.2, 0) is 6.42 Å². The SMILES string of the molecule is Cc1csc(CCCCNC(=O)N2CCC(C)C(O)C2)n1. The second kappa shape index (κ2) is 7.75. The molecule has 2 N–H and O–H groups in total. The zero-order valence-corrected chi connectivity index (χ0v) is 13.7. The van der Waals surface area contributed by atoms with Gasteiger partial charge < -0.3 is 15.3 Å². The number of carbonyl (C=O) groups is 1. The number of urea groups is 1. The molecule has 118 valence electrons. The summed E-state index contributed by atoms with van der Waals surface area (Å²) in [5.41, 5.74) is 1.08. The van der Waals surface area contributed by atoms with E-state index in [4.69, 9.17) is 0 Å². The van der Waals surface area contributed by atoms with Crippen molar-refractivity contribution in [3.05, 3.63) is 16.1 Å². The van der Waals surface area contributed by atoms with Crippen molar-refractivity contribution in [2.24, 2.45) is 5.92 Å². The minimum Gasteiger partial charge on any atom is -0.391 e. The maximum Gasteiger partial charge on any atom is 0.317 e. The average molecular weight is 311 g/mol. The number of aliphatic hydroxyl groups excluding tert-OH is 1. The van der Waals surface area contributed by atoms with E-state index >= 15 is 0 Å². The number of unbranched alkanes of at least 4 members (excludes halogenated alkanes) is 1. The normalized spacial score (nSPS) is 22.3. The van der Waals surface area contributed by atoms with Crippen LogP contribution >= 0.6 is 11.3 Å². The highest BCUT2D eigenvalue weighted by Gasteiger charge is 2.26. The first-order chi connectivity index (χ1) is 10.1. The van der Waals surface area contributed by atoms with E-state index in [9.17, 15) is 9.90 Å². The molecule has 1 saturated heterocycles. The first-order valence-electron chi connectivity index (χ1n) is 7.68. The molecule has 6 heteroatoms. The number of nitrogens with one attached hydrogen (secondary N) is 1. The number of thiazole rings is 1. The number of aryl methyl sites for hydroxylation is 2. The molecule has 0 aromatic carbocycles. The Morgan fingerprint density at radius 1 is 1.57 bits per heavy atom. The van der Waals surface area contributed by atoms with Crippen LogP contribution < -0.4 is 5.32 Å². The summed E-state index contributed by atoms with van der Waals surface area (Å²) >= 11 is 1.70. The number of aromatic nitrogens is 1. The lowest BCUT2D eigenvalue weighted by Gasteiger charge is -2.34. The van der Waals surface area contributed by atoms with E-state index in [0.29, 0.717) is 13.1 Å². The lowest BCUT2D eigenvalue weighted by Crippen LogP contribution is -2.49. The molecule has 1 aromatic heterocycles. The van der Waals surface area contributed by atoms with Crippen molar-refractivity contribution >= 4 is 17.4 Å². The van der Waals surface area contributed by atoms with Gasteiger partial charge in [-0.25, -0.2) is 9.78 Å². The Hall–Kier alpha value is -1.14. The standard InChI is InChI=1S/C15H25N3O2S/c1-11-6-8-18(9-13(11)19)15(20)16-7-4-3-5-14-17-12(2)10-21-14/h10-11,13,19H,3-9H2,1-2H3,(H,16,20). The van der Waals surface area contributed by atoms with Gasteiger partial charge in [0.2, 0.25) is 0 Å². The second-order valence-corrected chi connectivity index (χ2v) is 6.79. The monoisotopic (exact) mass is 311 g/mol. The predicted octanol–water partition coefficient (Wildman–Crippen LogP) is 2.19. The van der Waals surface area contributed by atoms with Gasteiger partial charge in [-0.2, -0.15) is 0 Å². The summed E-state index contributed by atoms with van der Waals surface area (Å²) in [6.45, 7) is 5.91. The molecule has 5 nitrogen and oxygen atoms in total. The van der Waals surface area contributed by atoms with E-state index in [1.54, 1.807) is 16.2 Å². The van der Waals surface area contributed by atoms with Gasteiger partial charge in [0.05, 0.1) is 11.1 Å². The van der Waals surface area contributed by atoms with Gasteiger partial charge in [0, 0.05) is 30.7 Å². The van der Waals surface area contributed by atoms with Gasteiger partial charge in [-0.05, 0) is 38.5 Å². The van der Waals surface area contributed by atoms with Crippen molar-refractivity contribution in [1.82, 2.24) is 15.2 Å². The number of hydrogen-bond donors (Lipinski definition) is 2. The fraction of sp³-hybridized carbons (Fsp3) is 0.733. The van der Waals surface area contributed by atoms with Crippen LogP contribution in [0.4, 0.5) is 4.79 Å². The smallest absolute Gasteiger partial charge is 0.317 e. The van der Waals surface area contributed by atoms with Gasteiger partial charge in [-0.15, -0.1) is 11.3 Å². The van der Waals surface area contributed by atoms with Crippen LogP contribution in [0, 0.1) is 12.8 Å². The fourth-order valence-corrected chi connectivity index (χ4v) is 3.28. The van der Waals surface area contributed by atoms with Crippen LogP contribution in [0.1, 0.15) is 36.9 Å². The highest BCUT2D eigenvalue weighted by molar-refractivity contribution is 7.09. The van der Waals surface area contributed by atoms with Crippen molar-refractivity contribution in [2.45, 2.75) is 45.6 Å². The first-order valence-corrected chi connectivity index (χ1v) is 8.56. The minimum absolute atomic E-state index is 0.0500. The molecule has 1 aliphatic heterocycles. The van der Waals surface area contributed by atoms with Crippen molar-refractivity contribution < 1.29 is 9.90 Å². The maximum absolute atomic E-state index is 12.0. The molecule has 2 unspecified atom stereocenters. The van der Waals surface area contributed by atoms with Crippen molar-refractivity contribution in [3.8, 4) is 0 Å². The van der Waals surface area contributed by atoms with Gasteiger partial charge in [-0.3, -0.25) is 0 Å². The van der Waals surface area contributed by atoms with Crippen molar-refractivity contribution in [3.63, 3.8) is 0 Å². The number of amides is 2. The summed E-state index contributed by atoms with van der Waals surface area (Å²) in [5.74, 6) is 0.288. The third-order valence-electron chi connectivity index (χ3n) is 3.97. The summed E-state index contributed by atoms with van der Waals surface area (Å²) in [6.07, 6.45) is 3.45. The largest absolute Gasteiger partial charge is 0.391 e. The molecule has 0 saturated carbocycles. The lowest BCUT2D eigenvalue weighted by molar-refractivity contribution is 0.0436. The number of β-amino-alcohol motifs (C(OH)–C–C–N with tert-alkyl or cyclic N) is 1. The number of aliphatic hydroxyl groups is 1. The van der Waals surface area contributed by atoms with Gasteiger partial charge in [0.1, 0.15) is 0 Å². The van der Waals surface area contributed by atoms with E-state index in [1.165, 1.54) is 5.01 Å². The Kier molecular flexibility index (Phi) is 5.99. The van der Waals surface area contributed by atoms with Crippen molar-refractivity contribution in [2.75, 3.05) is 19.6 Å². The first kappa shape index (κ1) is 16.2. The topological polar surface area (TPSA) is 65.5 Å². The molecule has 2 amide bonds. The molecular formula is C15H25N3O2S. The number of likely N-dealkylation sites (tertiary alicyclic amines) is 1. The third-order valence-corrected chi connectivity index (χ3v) is 4.99. The van der Waals surface area contributed by atoms with Crippen LogP contribution in [0.2, 0.25) is 0 Å². The second-order valence-electron chi connectivity index (χ2n) is 5.85. The van der Waals surface area contributed by atoms with Crippen molar-refractivity contribution in [1.29, 1.82) is 0 Å². The molecule has 0 spiro atoms. The molecule has 2 rings (SSSR count). The number of rotatable bonds is 5. The number of nitrogens with zero attached hydrogens (tertiary/aromatic N) is 2. The van der Waals surface area contributed by atoms with Gasteiger partial charge >= 0.3 is 6.03 Å². The zero-order chi connectivity index (χ0) is 15.2. The van der Waals surface area contributed by atoms with E-state index in [0.717, 1.165) is 37.9 Å². The Morgan fingerprint density at radius 3 is 3.05 bits per heavy atom. The maximum atomic E-state index is 12.0. The number of hydrogen-bond acceptors (Lipinski definition) is 4. The molecule has 1 fully saturated rings. The van der Waals surface area contributed by atoms with E-state index in [2.05, 4.69) is 15.7 Å². The van der Waals surface area contributed by atoms with E-state index in [1.807, 2.05) is 13.8 Å². The molecule has 0 aliphatic carbocycles. The summed E-state index contributed by atoms with van der Waals surface area (Å²) in [5, 5.41) is 16.0. The Bertz CT molecular complexity index is 464. The molecule has 2 heterocycles. The zero-order valence-electron chi connectivity index (χ0n) is 12.8. The molecule has 0 radical (unpaired) electrons. The molecule has 0 bridgehead atoms. The van der Waals surface area contributed by atoms with Crippen LogP contribution in [0.3, 0.4) is 0 Å². The van der Waals surface area contributed by atoms with Gasteiger partial charge in [0.15, 0.2) is 0 Å². The van der Waals surface area contributed by atoms with Gasteiger partial charge in [0.25, 0.3) is 0 Å². The minimum atomic E-state index is -0.391. The van der Waals surface area contributed by atoms with Crippen LogP contribution in [0.15, 0.2) is 5.38 Å². The molecule has 1 aliphatic rings. The molecule has 1 aromatic rings. The van der Waals surface area contributed by atoms with Crippen LogP contribution in [0.25, 0.3) is 0 Å². The predicted molar refractivity (Wildman–Crippen MR) is 84.5 cm³/mol. The molecule has 21 heavy (non-hydrogen) atoms. The average Bonchev–Trinajstić information content (AvgIpc) is 2.87. The quantitative estimate of drug-likeness (QED) is 0.819. The summed E-state index contributed by atoms with van der Waals surface area (Å²) in [7, 11) is 0. The summed E-state index contributed by atoms with van der Waals surface area (Å²) < 4.78 is 0. The number of carbonyl (C=O) groups excluding carboxylic acids is 1. The molecular weight excluding hydrogens is 286 g/mol. The van der Waals surface area contributed by atoms with E-state index in [-0.39, 0.29) is 11.9 Å². The highest BCUT2D eigenvalue weighted by atomic mass is 32.1. The van der Waals surface area contributed by atoms with Gasteiger partial charge in [-0.1, -0.05) is 6.92 Å². The summed E-state index contributed by atoms with van der Waals surface area (Å²) in [6, 6.07) is -0.0500. The third kappa shape index (κ3) is 4.97. The Labute approximate surface area is 130 Å². The highest BCUT2D eigenvalue weighted by Crippen LogP contribution is 2.16. The number of piperidine rings is 1. The Balaban J connectivity index is 1.59. The molecule has 2 atom stereocenters. The Morgan fingerprint density at radius 2 is 2.38 bits per heavy atom. The summed E-state index contributed by atoms with van der Waals surface area (Å²) in [4.78, 5) is 18.1. The lowest BCUT2D eigenvalue weighted by atomic mass is 9.96.